The first-order valence-electron chi connectivity index (χ1n) is 9.35. The summed E-state index contributed by atoms with van der Waals surface area (Å²) in [6.45, 7) is 0.698. The number of fused-ring (bicyclic) bond motifs is 2. The molecule has 1 saturated heterocycles. The Hall–Kier alpha value is -3.09. The van der Waals surface area contributed by atoms with Crippen molar-refractivity contribution < 1.29 is 19.1 Å². The number of ether oxygens (including phenoxy) is 2. The Bertz CT molecular complexity index is 886. The highest BCUT2D eigenvalue weighted by Gasteiger charge is 2.48. The van der Waals surface area contributed by atoms with Crippen molar-refractivity contribution >= 4 is 11.8 Å². The lowest BCUT2D eigenvalue weighted by Gasteiger charge is -2.34. The van der Waals surface area contributed by atoms with Gasteiger partial charge in [-0.1, -0.05) is 6.07 Å². The molecule has 2 amide bonds. The predicted molar refractivity (Wildman–Crippen MR) is 103 cm³/mol. The fraction of sp³-hybridized carbons (Fsp3) is 0.381. The summed E-state index contributed by atoms with van der Waals surface area (Å²) in [5.41, 5.74) is 1.00. The molecule has 1 saturated carbocycles. The molecule has 3 unspecified atom stereocenters. The molecule has 1 aliphatic carbocycles. The molecule has 4 rings (SSSR count). The number of likely N-dealkylation sites (tertiary alicyclic amines) is 1. The molecule has 0 radical (unpaired) electrons. The summed E-state index contributed by atoms with van der Waals surface area (Å²) in [6, 6.07) is 8.69. The number of amides is 2. The van der Waals surface area contributed by atoms with Gasteiger partial charge in [-0.05, 0) is 43.0 Å². The van der Waals surface area contributed by atoms with Gasteiger partial charge in [0.25, 0.3) is 11.8 Å². The maximum atomic E-state index is 13.3. The summed E-state index contributed by atoms with van der Waals surface area (Å²) in [5, 5.41) is 3.09. The van der Waals surface area contributed by atoms with Gasteiger partial charge in [0.05, 0.1) is 31.4 Å². The standard InChI is InChI=1S/C21H23N3O4/c1-27-18-7-3-6-15(19(18)28-2)21(26)24-12-13-9-16(17(24)10-13)23-20(25)14-5-4-8-22-11-14/h3-8,11,13,16-17H,9-10,12H2,1-2H3,(H,23,25). The van der Waals surface area contributed by atoms with Crippen LogP contribution in [0.1, 0.15) is 33.6 Å². The van der Waals surface area contributed by atoms with Crippen LogP contribution < -0.4 is 14.8 Å². The number of hydrogen-bond acceptors (Lipinski definition) is 5. The topological polar surface area (TPSA) is 80.8 Å². The second-order valence-corrected chi connectivity index (χ2v) is 7.23. The van der Waals surface area contributed by atoms with E-state index in [0.717, 1.165) is 12.8 Å². The molecule has 2 bridgehead atoms. The zero-order valence-electron chi connectivity index (χ0n) is 15.9. The van der Waals surface area contributed by atoms with Crippen molar-refractivity contribution in [2.45, 2.75) is 24.9 Å². The number of para-hydroxylation sites is 1. The molecule has 2 fully saturated rings. The maximum Gasteiger partial charge on any atom is 0.258 e. The van der Waals surface area contributed by atoms with Crippen molar-refractivity contribution in [2.24, 2.45) is 5.92 Å². The van der Waals surface area contributed by atoms with E-state index >= 15 is 0 Å². The highest BCUT2D eigenvalue weighted by atomic mass is 16.5. The number of nitrogens with zero attached hydrogens (tertiary/aromatic N) is 2. The van der Waals surface area contributed by atoms with Crippen molar-refractivity contribution in [3.63, 3.8) is 0 Å². The van der Waals surface area contributed by atoms with Gasteiger partial charge in [0.1, 0.15) is 0 Å². The van der Waals surface area contributed by atoms with Crippen LogP contribution in [0.25, 0.3) is 0 Å². The molecular weight excluding hydrogens is 358 g/mol. The van der Waals surface area contributed by atoms with E-state index in [1.165, 1.54) is 7.11 Å². The Morgan fingerprint density at radius 3 is 2.68 bits per heavy atom. The van der Waals surface area contributed by atoms with Gasteiger partial charge in [-0.15, -0.1) is 0 Å². The molecule has 3 atom stereocenters. The fourth-order valence-electron chi connectivity index (χ4n) is 4.37. The van der Waals surface area contributed by atoms with Crippen LogP contribution in [0.2, 0.25) is 0 Å². The van der Waals surface area contributed by atoms with Crippen LogP contribution in [-0.4, -0.2) is 54.5 Å². The predicted octanol–water partition coefficient (Wildman–Crippen LogP) is 2.13. The number of piperidine rings is 1. The Kier molecular flexibility index (Phi) is 4.90. The summed E-state index contributed by atoms with van der Waals surface area (Å²) >= 11 is 0. The molecule has 28 heavy (non-hydrogen) atoms. The minimum absolute atomic E-state index is 0.0194. The number of pyridine rings is 1. The van der Waals surface area contributed by atoms with E-state index in [9.17, 15) is 9.59 Å². The lowest BCUT2D eigenvalue weighted by Crippen LogP contribution is -2.52. The Balaban J connectivity index is 1.53. The number of rotatable bonds is 5. The number of benzene rings is 1. The minimum Gasteiger partial charge on any atom is -0.493 e. The molecule has 7 nitrogen and oxygen atoms in total. The van der Waals surface area contributed by atoms with Crippen molar-refractivity contribution in [1.82, 2.24) is 15.2 Å². The summed E-state index contributed by atoms with van der Waals surface area (Å²) in [4.78, 5) is 31.6. The third-order valence-corrected chi connectivity index (χ3v) is 5.62. The van der Waals surface area contributed by atoms with E-state index in [1.807, 2.05) is 4.90 Å². The lowest BCUT2D eigenvalue weighted by atomic mass is 10.0. The molecule has 0 spiro atoms. The fourth-order valence-corrected chi connectivity index (χ4v) is 4.37. The molecule has 1 aromatic carbocycles. The van der Waals surface area contributed by atoms with E-state index in [4.69, 9.17) is 9.47 Å². The van der Waals surface area contributed by atoms with E-state index in [-0.39, 0.29) is 23.9 Å². The molecule has 7 heteroatoms. The summed E-state index contributed by atoms with van der Waals surface area (Å²) < 4.78 is 10.7. The largest absolute Gasteiger partial charge is 0.493 e. The van der Waals surface area contributed by atoms with Crippen LogP contribution in [0.5, 0.6) is 11.5 Å². The smallest absolute Gasteiger partial charge is 0.258 e. The molecule has 1 aromatic heterocycles. The molecule has 1 N–H and O–H groups in total. The van der Waals surface area contributed by atoms with Crippen molar-refractivity contribution in [3.8, 4) is 11.5 Å². The van der Waals surface area contributed by atoms with Crippen LogP contribution in [0.4, 0.5) is 0 Å². The molecule has 2 aliphatic rings. The van der Waals surface area contributed by atoms with Gasteiger partial charge in [-0.3, -0.25) is 14.6 Å². The summed E-state index contributed by atoms with van der Waals surface area (Å²) in [5.74, 6) is 1.11. The third kappa shape index (κ3) is 3.17. The number of carbonyl (C=O) groups is 2. The van der Waals surface area contributed by atoms with E-state index in [2.05, 4.69) is 10.3 Å². The van der Waals surface area contributed by atoms with Crippen molar-refractivity contribution in [3.05, 3.63) is 53.9 Å². The Labute approximate surface area is 163 Å². The highest BCUT2D eigenvalue weighted by Crippen LogP contribution is 2.40. The average molecular weight is 381 g/mol. The van der Waals surface area contributed by atoms with Crippen LogP contribution in [-0.2, 0) is 0 Å². The second kappa shape index (κ2) is 7.50. The van der Waals surface area contributed by atoms with Crippen LogP contribution >= 0.6 is 0 Å². The summed E-state index contributed by atoms with van der Waals surface area (Å²) in [7, 11) is 3.08. The van der Waals surface area contributed by atoms with E-state index in [0.29, 0.717) is 35.1 Å². The van der Waals surface area contributed by atoms with Crippen LogP contribution in [0.15, 0.2) is 42.7 Å². The minimum atomic E-state index is -0.156. The average Bonchev–Trinajstić information content (AvgIpc) is 3.33. The van der Waals surface area contributed by atoms with E-state index < -0.39 is 0 Å². The monoisotopic (exact) mass is 381 g/mol. The second-order valence-electron chi connectivity index (χ2n) is 7.23. The molecular formula is C21H23N3O4. The van der Waals surface area contributed by atoms with Gasteiger partial charge in [-0.2, -0.15) is 0 Å². The SMILES string of the molecule is COc1cccc(C(=O)N2CC3CC(NC(=O)c4cccnc4)C2C3)c1OC. The number of methoxy groups -OCH3 is 2. The lowest BCUT2D eigenvalue weighted by molar-refractivity contribution is 0.0645. The first-order valence-corrected chi connectivity index (χ1v) is 9.35. The van der Waals surface area contributed by atoms with Gasteiger partial charge >= 0.3 is 0 Å². The van der Waals surface area contributed by atoms with Gasteiger partial charge in [0, 0.05) is 25.0 Å². The first kappa shape index (κ1) is 18.3. The number of nitrogens with one attached hydrogen (secondary N) is 1. The highest BCUT2D eigenvalue weighted by molar-refractivity contribution is 5.98. The normalized spacial score (nSPS) is 22.8. The van der Waals surface area contributed by atoms with Gasteiger partial charge < -0.3 is 19.7 Å². The van der Waals surface area contributed by atoms with E-state index in [1.54, 1.807) is 49.8 Å². The maximum absolute atomic E-state index is 13.3. The first-order chi connectivity index (χ1) is 13.6. The number of aromatic nitrogens is 1. The van der Waals surface area contributed by atoms with Crippen LogP contribution in [0, 0.1) is 5.92 Å². The third-order valence-electron chi connectivity index (χ3n) is 5.62. The Morgan fingerprint density at radius 1 is 1.14 bits per heavy atom. The van der Waals surface area contributed by atoms with Gasteiger partial charge in [-0.25, -0.2) is 0 Å². The molecule has 146 valence electrons. The van der Waals surface area contributed by atoms with Crippen molar-refractivity contribution in [1.29, 1.82) is 0 Å². The molecule has 1 aliphatic heterocycles. The summed E-state index contributed by atoms with van der Waals surface area (Å²) in [6.07, 6.45) is 4.97. The number of carbonyl (C=O) groups excluding carboxylic acids is 2. The quantitative estimate of drug-likeness (QED) is 0.858. The zero-order chi connectivity index (χ0) is 19.7. The molecule has 2 aromatic rings. The van der Waals surface area contributed by atoms with Gasteiger partial charge in [0.15, 0.2) is 11.5 Å². The van der Waals surface area contributed by atoms with Gasteiger partial charge in [0.2, 0.25) is 0 Å². The number of hydrogen-bond donors (Lipinski definition) is 1. The van der Waals surface area contributed by atoms with Crippen molar-refractivity contribution in [2.75, 3.05) is 20.8 Å². The Morgan fingerprint density at radius 2 is 2.00 bits per heavy atom. The van der Waals surface area contributed by atoms with Crippen LogP contribution in [0.3, 0.4) is 0 Å². The zero-order valence-corrected chi connectivity index (χ0v) is 15.9. The molecule has 2 heterocycles.